The van der Waals surface area contributed by atoms with Crippen molar-refractivity contribution in [1.82, 2.24) is 15.5 Å². The normalized spacial score (nSPS) is 14.8. The quantitative estimate of drug-likeness (QED) is 0.912. The molecule has 3 heterocycles. The van der Waals surface area contributed by atoms with E-state index in [2.05, 4.69) is 38.8 Å². The zero-order valence-electron chi connectivity index (χ0n) is 10.3. The average molecular weight is 264 g/mol. The first kappa shape index (κ1) is 11.7. The Labute approximate surface area is 110 Å². The largest absolute Gasteiger partial charge is 0.407 e. The number of fused-ring (bicyclic) bond motifs is 1. The SMILES string of the molecule is CCNCc1nnc(N2CCc3sccc3C2)o1. The molecule has 0 unspecified atom stereocenters. The number of anilines is 1. The highest BCUT2D eigenvalue weighted by atomic mass is 32.1. The van der Waals surface area contributed by atoms with Gasteiger partial charge in [0.05, 0.1) is 6.54 Å². The third kappa shape index (κ3) is 2.26. The number of nitrogens with one attached hydrogen (secondary N) is 1. The van der Waals surface area contributed by atoms with Crippen LogP contribution in [0.25, 0.3) is 0 Å². The minimum absolute atomic E-state index is 0.639. The molecule has 0 atom stereocenters. The minimum atomic E-state index is 0.639. The molecule has 6 heteroatoms. The third-order valence-corrected chi connectivity index (χ3v) is 4.08. The van der Waals surface area contributed by atoms with Gasteiger partial charge in [-0.25, -0.2) is 0 Å². The zero-order chi connectivity index (χ0) is 12.4. The topological polar surface area (TPSA) is 54.2 Å². The van der Waals surface area contributed by atoms with Gasteiger partial charge in [0.15, 0.2) is 0 Å². The van der Waals surface area contributed by atoms with Gasteiger partial charge in [-0.15, -0.1) is 16.4 Å². The summed E-state index contributed by atoms with van der Waals surface area (Å²) in [4.78, 5) is 3.64. The highest BCUT2D eigenvalue weighted by Gasteiger charge is 2.21. The molecule has 0 radical (unpaired) electrons. The van der Waals surface area contributed by atoms with E-state index in [0.717, 1.165) is 26.1 Å². The van der Waals surface area contributed by atoms with Crippen LogP contribution >= 0.6 is 11.3 Å². The van der Waals surface area contributed by atoms with Gasteiger partial charge < -0.3 is 14.6 Å². The van der Waals surface area contributed by atoms with Crippen LogP contribution in [0.3, 0.4) is 0 Å². The van der Waals surface area contributed by atoms with Crippen molar-refractivity contribution in [3.05, 3.63) is 27.8 Å². The Bertz CT molecular complexity index is 522. The second-order valence-electron chi connectivity index (χ2n) is 4.30. The fraction of sp³-hybridized carbons (Fsp3) is 0.500. The average Bonchev–Trinajstić information content (AvgIpc) is 3.04. The van der Waals surface area contributed by atoms with Crippen LogP contribution in [0.1, 0.15) is 23.3 Å². The van der Waals surface area contributed by atoms with E-state index in [1.807, 2.05) is 11.3 Å². The molecule has 1 aliphatic rings. The summed E-state index contributed by atoms with van der Waals surface area (Å²) in [6, 6.07) is 2.82. The molecule has 3 rings (SSSR count). The van der Waals surface area contributed by atoms with Gasteiger partial charge in [0, 0.05) is 18.0 Å². The van der Waals surface area contributed by atoms with Crippen molar-refractivity contribution >= 4 is 17.4 Å². The monoisotopic (exact) mass is 264 g/mol. The Morgan fingerprint density at radius 1 is 1.50 bits per heavy atom. The second kappa shape index (κ2) is 5.07. The van der Waals surface area contributed by atoms with Crippen LogP contribution in [0.4, 0.5) is 6.01 Å². The van der Waals surface area contributed by atoms with Crippen LogP contribution in [0.5, 0.6) is 0 Å². The van der Waals surface area contributed by atoms with Crippen LogP contribution in [0.2, 0.25) is 0 Å². The number of aromatic nitrogens is 2. The molecule has 18 heavy (non-hydrogen) atoms. The molecule has 0 fully saturated rings. The standard InChI is InChI=1S/C12H16N4OS/c1-2-13-7-11-14-15-12(17-11)16-5-3-10-9(8-16)4-6-18-10/h4,6,13H,2-3,5,7-8H2,1H3. The molecule has 0 spiro atoms. The maximum atomic E-state index is 5.66. The summed E-state index contributed by atoms with van der Waals surface area (Å²) >= 11 is 1.84. The lowest BCUT2D eigenvalue weighted by molar-refractivity contribution is 0.461. The maximum Gasteiger partial charge on any atom is 0.318 e. The molecule has 2 aromatic rings. The number of hydrogen-bond donors (Lipinski definition) is 1. The van der Waals surface area contributed by atoms with Crippen LogP contribution in [-0.2, 0) is 19.5 Å². The van der Waals surface area contributed by atoms with Crippen molar-refractivity contribution in [2.75, 3.05) is 18.0 Å². The smallest absolute Gasteiger partial charge is 0.318 e. The molecule has 2 aromatic heterocycles. The Balaban J connectivity index is 1.70. The van der Waals surface area contributed by atoms with Crippen LogP contribution in [0, 0.1) is 0 Å². The summed E-state index contributed by atoms with van der Waals surface area (Å²) < 4.78 is 5.66. The van der Waals surface area contributed by atoms with E-state index in [-0.39, 0.29) is 0 Å². The summed E-state index contributed by atoms with van der Waals surface area (Å²) in [5.74, 6) is 0.656. The molecule has 0 saturated carbocycles. The number of hydrogen-bond acceptors (Lipinski definition) is 6. The number of nitrogens with zero attached hydrogens (tertiary/aromatic N) is 3. The second-order valence-corrected chi connectivity index (χ2v) is 5.30. The van der Waals surface area contributed by atoms with E-state index in [9.17, 15) is 0 Å². The molecule has 5 nitrogen and oxygen atoms in total. The van der Waals surface area contributed by atoms with E-state index in [1.54, 1.807) is 0 Å². The lowest BCUT2D eigenvalue weighted by Crippen LogP contribution is -2.29. The molecule has 1 aliphatic heterocycles. The molecule has 1 N–H and O–H groups in total. The summed E-state index contributed by atoms with van der Waals surface area (Å²) in [6.45, 7) is 5.43. The van der Waals surface area contributed by atoms with Crippen molar-refractivity contribution in [3.63, 3.8) is 0 Å². The molecule has 0 aliphatic carbocycles. The Hall–Kier alpha value is -1.40. The van der Waals surface area contributed by atoms with Gasteiger partial charge in [-0.2, -0.15) is 0 Å². The first-order valence-electron chi connectivity index (χ1n) is 6.20. The molecule has 0 bridgehead atoms. The van der Waals surface area contributed by atoms with Gasteiger partial charge in [-0.3, -0.25) is 0 Å². The molecule has 96 valence electrons. The van der Waals surface area contributed by atoms with Crippen molar-refractivity contribution in [2.24, 2.45) is 0 Å². The van der Waals surface area contributed by atoms with Gasteiger partial charge in [-0.05, 0) is 30.0 Å². The van der Waals surface area contributed by atoms with Crippen molar-refractivity contribution in [3.8, 4) is 0 Å². The van der Waals surface area contributed by atoms with E-state index in [0.29, 0.717) is 18.5 Å². The number of thiophene rings is 1. The van der Waals surface area contributed by atoms with Gasteiger partial charge in [-0.1, -0.05) is 12.0 Å². The first-order chi connectivity index (χ1) is 8.86. The van der Waals surface area contributed by atoms with Gasteiger partial charge in [0.2, 0.25) is 5.89 Å². The molecule has 0 aromatic carbocycles. The predicted molar refractivity (Wildman–Crippen MR) is 70.8 cm³/mol. The summed E-state index contributed by atoms with van der Waals surface area (Å²) in [6.07, 6.45) is 1.07. The Kier molecular flexibility index (Phi) is 3.29. The van der Waals surface area contributed by atoms with Crippen molar-refractivity contribution < 1.29 is 4.42 Å². The van der Waals surface area contributed by atoms with Crippen LogP contribution < -0.4 is 10.2 Å². The highest BCUT2D eigenvalue weighted by Crippen LogP contribution is 2.26. The summed E-state index contributed by atoms with van der Waals surface area (Å²) in [5, 5.41) is 13.5. The van der Waals surface area contributed by atoms with Gasteiger partial charge in [0.1, 0.15) is 0 Å². The van der Waals surface area contributed by atoms with Crippen molar-refractivity contribution in [1.29, 1.82) is 0 Å². The van der Waals surface area contributed by atoms with E-state index >= 15 is 0 Å². The molecule has 0 amide bonds. The van der Waals surface area contributed by atoms with Gasteiger partial charge in [0.25, 0.3) is 0 Å². The van der Waals surface area contributed by atoms with Crippen LogP contribution in [-0.4, -0.2) is 23.3 Å². The van der Waals surface area contributed by atoms with Crippen molar-refractivity contribution in [2.45, 2.75) is 26.4 Å². The number of rotatable bonds is 4. The predicted octanol–water partition coefficient (Wildman–Crippen LogP) is 1.80. The highest BCUT2D eigenvalue weighted by molar-refractivity contribution is 7.10. The molecular weight excluding hydrogens is 248 g/mol. The minimum Gasteiger partial charge on any atom is -0.407 e. The fourth-order valence-corrected chi connectivity index (χ4v) is 2.98. The van der Waals surface area contributed by atoms with E-state index < -0.39 is 0 Å². The fourth-order valence-electron chi connectivity index (χ4n) is 2.09. The zero-order valence-corrected chi connectivity index (χ0v) is 11.2. The third-order valence-electron chi connectivity index (χ3n) is 3.06. The van der Waals surface area contributed by atoms with Crippen LogP contribution in [0.15, 0.2) is 15.9 Å². The maximum absolute atomic E-state index is 5.66. The van der Waals surface area contributed by atoms with E-state index in [4.69, 9.17) is 4.42 Å². The summed E-state index contributed by atoms with van der Waals surface area (Å²) in [7, 11) is 0. The molecular formula is C12H16N4OS. The first-order valence-corrected chi connectivity index (χ1v) is 7.08. The Morgan fingerprint density at radius 3 is 3.33 bits per heavy atom. The van der Waals surface area contributed by atoms with E-state index in [1.165, 1.54) is 10.4 Å². The Morgan fingerprint density at radius 2 is 2.44 bits per heavy atom. The lowest BCUT2D eigenvalue weighted by Gasteiger charge is -2.24. The van der Waals surface area contributed by atoms with Gasteiger partial charge >= 0.3 is 6.01 Å². The molecule has 0 saturated heterocycles. The lowest BCUT2D eigenvalue weighted by atomic mass is 10.1. The summed E-state index contributed by atoms with van der Waals surface area (Å²) in [5.41, 5.74) is 1.39.